The molecule has 0 unspecified atom stereocenters. The Morgan fingerprint density at radius 1 is 0.974 bits per heavy atom. The summed E-state index contributed by atoms with van der Waals surface area (Å²) in [6, 6.07) is 13.1. The minimum absolute atomic E-state index is 0.111. The molecule has 9 nitrogen and oxygen atoms in total. The number of halogens is 4. The topological polar surface area (TPSA) is 118 Å². The molecule has 0 bridgehead atoms. The number of amides is 3. The van der Waals surface area contributed by atoms with Crippen molar-refractivity contribution in [3.63, 3.8) is 0 Å². The molecule has 3 aromatic rings. The number of rotatable bonds is 8. The molecule has 3 rings (SSSR count). The van der Waals surface area contributed by atoms with Gasteiger partial charge in [0.15, 0.2) is 18.1 Å². The van der Waals surface area contributed by atoms with Crippen molar-refractivity contribution in [1.82, 2.24) is 5.43 Å². The van der Waals surface area contributed by atoms with Crippen LogP contribution >= 0.6 is 57.4 Å². The predicted molar refractivity (Wildman–Crippen MR) is 157 cm³/mol. The standard InChI is InChI=1S/C25H20Cl3IN4O5/c1-13-15(26)5-3-7-18(13)31-21(34)12-38-23-17(29)9-14(10-20(23)37-2)11-30-33-25(36)24(35)32-19-8-4-6-16(27)22(19)28/h3-11H,12H2,1-2H3,(H,31,34)(H,32,35)(H,33,36)/b30-11-. The van der Waals surface area contributed by atoms with Crippen molar-refractivity contribution in [2.75, 3.05) is 24.4 Å². The highest BCUT2D eigenvalue weighted by Gasteiger charge is 2.16. The highest BCUT2D eigenvalue weighted by Crippen LogP contribution is 2.34. The zero-order valence-corrected chi connectivity index (χ0v) is 24.3. The van der Waals surface area contributed by atoms with Crippen LogP contribution in [0.4, 0.5) is 11.4 Å². The van der Waals surface area contributed by atoms with E-state index in [0.29, 0.717) is 31.3 Å². The molecule has 0 aliphatic carbocycles. The maximum absolute atomic E-state index is 12.4. The Balaban J connectivity index is 1.60. The van der Waals surface area contributed by atoms with Gasteiger partial charge < -0.3 is 20.1 Å². The molecule has 0 fully saturated rings. The highest BCUT2D eigenvalue weighted by atomic mass is 127. The van der Waals surface area contributed by atoms with Gasteiger partial charge in [-0.3, -0.25) is 14.4 Å². The van der Waals surface area contributed by atoms with Crippen molar-refractivity contribution in [1.29, 1.82) is 0 Å². The number of hydrogen-bond donors (Lipinski definition) is 3. The number of nitrogens with one attached hydrogen (secondary N) is 3. The molecule has 0 aromatic heterocycles. The van der Waals surface area contributed by atoms with Crippen LogP contribution in [0.3, 0.4) is 0 Å². The summed E-state index contributed by atoms with van der Waals surface area (Å²) in [6.45, 7) is 1.53. The van der Waals surface area contributed by atoms with E-state index in [1.165, 1.54) is 19.4 Å². The fourth-order valence-electron chi connectivity index (χ4n) is 3.02. The molecule has 0 saturated heterocycles. The lowest BCUT2D eigenvalue weighted by molar-refractivity contribution is -0.136. The quantitative estimate of drug-likeness (QED) is 0.122. The number of methoxy groups -OCH3 is 1. The zero-order valence-electron chi connectivity index (χ0n) is 19.9. The first-order chi connectivity index (χ1) is 18.1. The molecule has 3 aromatic carbocycles. The first-order valence-electron chi connectivity index (χ1n) is 10.7. The van der Waals surface area contributed by atoms with Gasteiger partial charge in [0.25, 0.3) is 5.91 Å². The Kier molecular flexibility index (Phi) is 10.6. The Morgan fingerprint density at radius 2 is 1.66 bits per heavy atom. The Labute approximate surface area is 246 Å². The van der Waals surface area contributed by atoms with Crippen molar-refractivity contribution < 1.29 is 23.9 Å². The van der Waals surface area contributed by atoms with Gasteiger partial charge in [-0.25, -0.2) is 5.43 Å². The van der Waals surface area contributed by atoms with Gasteiger partial charge >= 0.3 is 11.8 Å². The number of anilines is 2. The second kappa shape index (κ2) is 13.7. The van der Waals surface area contributed by atoms with E-state index in [4.69, 9.17) is 44.3 Å². The highest BCUT2D eigenvalue weighted by molar-refractivity contribution is 14.1. The summed E-state index contributed by atoms with van der Waals surface area (Å²) in [6.07, 6.45) is 1.32. The van der Waals surface area contributed by atoms with Crippen molar-refractivity contribution in [2.45, 2.75) is 6.92 Å². The fraction of sp³-hybridized carbons (Fsp3) is 0.120. The molecule has 13 heteroatoms. The first kappa shape index (κ1) is 29.5. The average molecular weight is 690 g/mol. The summed E-state index contributed by atoms with van der Waals surface area (Å²) in [5.41, 5.74) is 4.20. The third-order valence-corrected chi connectivity index (χ3v) is 6.96. The van der Waals surface area contributed by atoms with Gasteiger partial charge in [0.05, 0.1) is 32.6 Å². The van der Waals surface area contributed by atoms with Gasteiger partial charge in [0.2, 0.25) is 0 Å². The lowest BCUT2D eigenvalue weighted by Crippen LogP contribution is -2.32. The van der Waals surface area contributed by atoms with Crippen LogP contribution in [0.1, 0.15) is 11.1 Å². The number of benzene rings is 3. The summed E-state index contributed by atoms with van der Waals surface area (Å²) < 4.78 is 11.7. The molecule has 0 heterocycles. The van der Waals surface area contributed by atoms with Crippen LogP contribution in [0.2, 0.25) is 15.1 Å². The monoisotopic (exact) mass is 688 g/mol. The van der Waals surface area contributed by atoms with Crippen LogP contribution in [-0.4, -0.2) is 37.7 Å². The van der Waals surface area contributed by atoms with E-state index in [-0.39, 0.29) is 28.2 Å². The van der Waals surface area contributed by atoms with E-state index in [9.17, 15) is 14.4 Å². The largest absolute Gasteiger partial charge is 0.493 e. The molecule has 0 radical (unpaired) electrons. The van der Waals surface area contributed by atoms with Crippen LogP contribution in [-0.2, 0) is 14.4 Å². The average Bonchev–Trinajstić information content (AvgIpc) is 2.88. The minimum Gasteiger partial charge on any atom is -0.493 e. The molecule has 0 atom stereocenters. The maximum Gasteiger partial charge on any atom is 0.329 e. The number of hydrogen-bond acceptors (Lipinski definition) is 6. The van der Waals surface area contributed by atoms with Crippen LogP contribution in [0, 0.1) is 10.5 Å². The summed E-state index contributed by atoms with van der Waals surface area (Å²) >= 11 is 20.0. The fourth-order valence-corrected chi connectivity index (χ4v) is 4.32. The summed E-state index contributed by atoms with van der Waals surface area (Å²) in [5, 5.41) is 9.81. The lowest BCUT2D eigenvalue weighted by atomic mass is 10.2. The normalized spacial score (nSPS) is 10.7. The number of carbonyl (C=O) groups is 3. The molecule has 198 valence electrons. The van der Waals surface area contributed by atoms with Gasteiger partial charge in [-0.15, -0.1) is 0 Å². The Morgan fingerprint density at radius 3 is 2.37 bits per heavy atom. The van der Waals surface area contributed by atoms with E-state index in [1.54, 1.807) is 49.4 Å². The second-order valence-corrected chi connectivity index (χ2v) is 9.89. The zero-order chi connectivity index (χ0) is 27.8. The van der Waals surface area contributed by atoms with E-state index in [0.717, 1.165) is 5.56 Å². The summed E-state index contributed by atoms with van der Waals surface area (Å²) in [7, 11) is 1.45. The van der Waals surface area contributed by atoms with Crippen molar-refractivity contribution >= 4 is 92.7 Å². The van der Waals surface area contributed by atoms with Crippen molar-refractivity contribution in [3.8, 4) is 11.5 Å². The lowest BCUT2D eigenvalue weighted by Gasteiger charge is -2.14. The molecule has 3 amide bonds. The third-order valence-electron chi connectivity index (χ3n) is 4.93. The minimum atomic E-state index is -1.01. The van der Waals surface area contributed by atoms with Crippen LogP contribution < -0.4 is 25.5 Å². The SMILES string of the molecule is COc1cc(/C=N\NC(=O)C(=O)Nc2cccc(Cl)c2Cl)cc(I)c1OCC(=O)Nc1cccc(Cl)c1C. The number of carbonyl (C=O) groups excluding carboxylic acids is 3. The van der Waals surface area contributed by atoms with Crippen LogP contribution in [0.25, 0.3) is 0 Å². The number of nitrogens with zero attached hydrogens (tertiary/aromatic N) is 1. The Hall–Kier alpha value is -3.06. The van der Waals surface area contributed by atoms with Gasteiger partial charge in [0, 0.05) is 10.7 Å². The van der Waals surface area contributed by atoms with Crippen LogP contribution in [0.15, 0.2) is 53.6 Å². The van der Waals surface area contributed by atoms with Gasteiger partial charge in [-0.2, -0.15) is 5.10 Å². The molecular weight excluding hydrogens is 670 g/mol. The van der Waals surface area contributed by atoms with Gasteiger partial charge in [-0.05, 0) is 77.0 Å². The molecule has 3 N–H and O–H groups in total. The number of ether oxygens (including phenoxy) is 2. The number of hydrazone groups is 1. The molecule has 0 aliphatic heterocycles. The summed E-state index contributed by atoms with van der Waals surface area (Å²) in [5.74, 6) is -1.68. The van der Waals surface area contributed by atoms with Crippen LogP contribution in [0.5, 0.6) is 11.5 Å². The smallest absolute Gasteiger partial charge is 0.329 e. The Bertz CT molecular complexity index is 1420. The molecule has 38 heavy (non-hydrogen) atoms. The third kappa shape index (κ3) is 7.73. The second-order valence-electron chi connectivity index (χ2n) is 7.54. The van der Waals surface area contributed by atoms with E-state index < -0.39 is 11.8 Å². The molecule has 0 aliphatic rings. The van der Waals surface area contributed by atoms with E-state index in [1.807, 2.05) is 22.6 Å². The molecule has 0 spiro atoms. The van der Waals surface area contributed by atoms with Crippen molar-refractivity contribution in [2.24, 2.45) is 5.10 Å². The summed E-state index contributed by atoms with van der Waals surface area (Å²) in [4.78, 5) is 36.6. The predicted octanol–water partition coefficient (Wildman–Crippen LogP) is 5.67. The van der Waals surface area contributed by atoms with Gasteiger partial charge in [-0.1, -0.05) is 46.9 Å². The van der Waals surface area contributed by atoms with Gasteiger partial charge in [0.1, 0.15) is 0 Å². The molecule has 0 saturated carbocycles. The molecular formula is C25H20Cl3IN4O5. The maximum atomic E-state index is 12.4. The van der Waals surface area contributed by atoms with E-state index in [2.05, 4.69) is 21.2 Å². The van der Waals surface area contributed by atoms with Crippen molar-refractivity contribution in [3.05, 3.63) is 78.3 Å². The van der Waals surface area contributed by atoms with E-state index >= 15 is 0 Å². The first-order valence-corrected chi connectivity index (χ1v) is 13.0.